The van der Waals surface area contributed by atoms with Crippen molar-refractivity contribution in [2.45, 2.75) is 26.3 Å². The Bertz CT molecular complexity index is 526. The molecule has 0 saturated heterocycles. The molecule has 1 unspecified atom stereocenters. The van der Waals surface area contributed by atoms with Crippen molar-refractivity contribution in [1.29, 1.82) is 0 Å². The molecule has 0 nitrogen and oxygen atoms in total. The monoisotopic (exact) mass is 251 g/mol. The van der Waals surface area contributed by atoms with Crippen molar-refractivity contribution in [2.24, 2.45) is 5.92 Å². The molecule has 0 spiro atoms. The Morgan fingerprint density at radius 3 is 1.61 bits per heavy atom. The van der Waals surface area contributed by atoms with E-state index in [4.69, 9.17) is 0 Å². The molecule has 1 radical (unpaired) electrons. The molecule has 1 atom stereocenters. The highest BCUT2D eigenvalue weighted by atomic mass is 28.3. The summed E-state index contributed by atoms with van der Waals surface area (Å²) in [6.45, 7) is 7.13. The van der Waals surface area contributed by atoms with E-state index in [1.165, 1.54) is 11.1 Å². The topological polar surface area (TPSA) is 0 Å². The van der Waals surface area contributed by atoms with E-state index in [0.717, 1.165) is 11.5 Å². The van der Waals surface area contributed by atoms with E-state index in [-0.39, 0.29) is 0 Å². The molecule has 1 heteroatoms. The van der Waals surface area contributed by atoms with E-state index >= 15 is 0 Å². The smallest absolute Gasteiger partial charge is 0.0642 e. The van der Waals surface area contributed by atoms with E-state index in [9.17, 15) is 0 Å². The Kier molecular flexibility index (Phi) is 2.87. The third-order valence-electron chi connectivity index (χ3n) is 4.18. The summed E-state index contributed by atoms with van der Waals surface area (Å²) in [4.78, 5) is 0. The van der Waals surface area contributed by atoms with Crippen LogP contribution < -0.4 is 10.4 Å². The van der Waals surface area contributed by atoms with Gasteiger partial charge in [-0.15, -0.1) is 0 Å². The minimum absolute atomic E-state index is 0.603. The Balaban J connectivity index is 2.21. The Hall–Kier alpha value is -1.34. The lowest BCUT2D eigenvalue weighted by atomic mass is 10.1. The van der Waals surface area contributed by atoms with E-state index < -0.39 is 8.80 Å². The van der Waals surface area contributed by atoms with Gasteiger partial charge in [0.25, 0.3) is 0 Å². The molecule has 1 aliphatic heterocycles. The summed E-state index contributed by atoms with van der Waals surface area (Å²) in [5.41, 5.74) is 3.74. The zero-order valence-corrected chi connectivity index (χ0v) is 12.3. The van der Waals surface area contributed by atoms with E-state index in [0.29, 0.717) is 0 Å². The molecule has 1 aliphatic rings. The van der Waals surface area contributed by atoms with Crippen LogP contribution in [-0.4, -0.2) is 8.80 Å². The van der Waals surface area contributed by atoms with Crippen LogP contribution in [0.15, 0.2) is 48.5 Å². The van der Waals surface area contributed by atoms with Crippen molar-refractivity contribution in [2.75, 3.05) is 0 Å². The fraction of sp³-hybridized carbons (Fsp3) is 0.294. The normalized spacial score (nSPS) is 15.6. The highest BCUT2D eigenvalue weighted by molar-refractivity contribution is 6.90. The lowest BCUT2D eigenvalue weighted by Crippen LogP contribution is -2.43. The molecule has 0 bridgehead atoms. The average molecular weight is 251 g/mol. The lowest BCUT2D eigenvalue weighted by molar-refractivity contribution is 0.618. The standard InChI is InChI=1S/C17H19Si/c1-12(2)13(3)18-16-10-6-4-8-14(16)15-9-5-7-11-17(15)18/h4-13H,1-3H3. The summed E-state index contributed by atoms with van der Waals surface area (Å²) in [6, 6.07) is 18.0. The molecule has 0 aromatic heterocycles. The van der Waals surface area contributed by atoms with E-state index in [2.05, 4.69) is 69.3 Å². The maximum Gasteiger partial charge on any atom is 0.126 e. The van der Waals surface area contributed by atoms with Gasteiger partial charge in [-0.05, 0) is 33.0 Å². The molecule has 0 aliphatic carbocycles. The number of fused-ring (bicyclic) bond motifs is 3. The van der Waals surface area contributed by atoms with Crippen LogP contribution in [0.5, 0.6) is 0 Å². The van der Waals surface area contributed by atoms with Crippen molar-refractivity contribution in [3.05, 3.63) is 48.5 Å². The second-order valence-electron chi connectivity index (χ2n) is 5.54. The molecule has 2 aromatic rings. The molecule has 0 N–H and O–H groups in total. The molecule has 18 heavy (non-hydrogen) atoms. The summed E-state index contributed by atoms with van der Waals surface area (Å²) < 4.78 is 0. The van der Waals surface area contributed by atoms with Crippen LogP contribution in [0.3, 0.4) is 0 Å². The first-order valence-electron chi connectivity index (χ1n) is 6.76. The SMILES string of the molecule is CC(C)C(C)[Si]1c2ccccc2-c2ccccc21. The quantitative estimate of drug-likeness (QED) is 0.718. The maximum atomic E-state index is 2.43. The number of benzene rings is 2. The highest BCUT2D eigenvalue weighted by Gasteiger charge is 2.34. The molecule has 3 rings (SSSR count). The van der Waals surface area contributed by atoms with Crippen molar-refractivity contribution >= 4 is 19.2 Å². The third kappa shape index (κ3) is 1.65. The van der Waals surface area contributed by atoms with Crippen LogP contribution in [0.4, 0.5) is 0 Å². The van der Waals surface area contributed by atoms with Crippen LogP contribution in [0, 0.1) is 5.92 Å². The van der Waals surface area contributed by atoms with Gasteiger partial charge < -0.3 is 0 Å². The van der Waals surface area contributed by atoms with Crippen LogP contribution in [0.2, 0.25) is 5.54 Å². The lowest BCUT2D eigenvalue weighted by Gasteiger charge is -2.23. The molecule has 0 saturated carbocycles. The Morgan fingerprint density at radius 1 is 0.722 bits per heavy atom. The van der Waals surface area contributed by atoms with Crippen LogP contribution >= 0.6 is 0 Å². The first-order chi connectivity index (χ1) is 8.70. The number of hydrogen-bond acceptors (Lipinski definition) is 0. The number of hydrogen-bond donors (Lipinski definition) is 0. The van der Waals surface area contributed by atoms with Gasteiger partial charge in [0.1, 0.15) is 8.80 Å². The Labute approximate surface area is 111 Å². The molecule has 0 amide bonds. The number of rotatable bonds is 2. The molecular weight excluding hydrogens is 232 g/mol. The minimum atomic E-state index is -0.603. The molecular formula is C17H19Si. The highest BCUT2D eigenvalue weighted by Crippen LogP contribution is 2.30. The van der Waals surface area contributed by atoms with Gasteiger partial charge in [0, 0.05) is 0 Å². The van der Waals surface area contributed by atoms with Crippen LogP contribution in [0.1, 0.15) is 20.8 Å². The summed E-state index contributed by atoms with van der Waals surface area (Å²) in [6.07, 6.45) is 0. The zero-order valence-electron chi connectivity index (χ0n) is 11.3. The minimum Gasteiger partial charge on any atom is -0.0642 e. The molecule has 1 heterocycles. The van der Waals surface area contributed by atoms with Gasteiger partial charge in [-0.2, -0.15) is 0 Å². The van der Waals surface area contributed by atoms with E-state index in [1.807, 2.05) is 0 Å². The van der Waals surface area contributed by atoms with Crippen molar-refractivity contribution < 1.29 is 0 Å². The zero-order chi connectivity index (χ0) is 12.7. The Morgan fingerprint density at radius 2 is 1.17 bits per heavy atom. The van der Waals surface area contributed by atoms with Crippen molar-refractivity contribution in [3.63, 3.8) is 0 Å². The van der Waals surface area contributed by atoms with Crippen molar-refractivity contribution in [3.8, 4) is 11.1 Å². The van der Waals surface area contributed by atoms with Gasteiger partial charge in [-0.25, -0.2) is 0 Å². The first-order valence-corrected chi connectivity index (χ1v) is 8.34. The second kappa shape index (κ2) is 4.40. The van der Waals surface area contributed by atoms with Gasteiger partial charge in [0.05, 0.1) is 0 Å². The maximum absolute atomic E-state index is 2.43. The fourth-order valence-corrected chi connectivity index (χ4v) is 6.38. The summed E-state index contributed by atoms with van der Waals surface area (Å²) in [5.74, 6) is 0.748. The van der Waals surface area contributed by atoms with Gasteiger partial charge in [0.15, 0.2) is 0 Å². The second-order valence-corrected chi connectivity index (χ2v) is 8.35. The molecule has 0 fully saturated rings. The molecule has 91 valence electrons. The predicted molar refractivity (Wildman–Crippen MR) is 81.2 cm³/mol. The van der Waals surface area contributed by atoms with Gasteiger partial charge >= 0.3 is 0 Å². The summed E-state index contributed by atoms with van der Waals surface area (Å²) in [5, 5.41) is 3.23. The first kappa shape index (κ1) is 11.7. The van der Waals surface area contributed by atoms with E-state index in [1.54, 1.807) is 10.4 Å². The third-order valence-corrected chi connectivity index (χ3v) is 7.79. The van der Waals surface area contributed by atoms with Gasteiger partial charge in [-0.3, -0.25) is 0 Å². The molecule has 2 aromatic carbocycles. The van der Waals surface area contributed by atoms with Crippen LogP contribution in [0.25, 0.3) is 11.1 Å². The van der Waals surface area contributed by atoms with Crippen molar-refractivity contribution in [1.82, 2.24) is 0 Å². The van der Waals surface area contributed by atoms with Crippen LogP contribution in [-0.2, 0) is 0 Å². The summed E-state index contributed by atoms with van der Waals surface area (Å²) >= 11 is 0. The predicted octanol–water partition coefficient (Wildman–Crippen LogP) is 3.32. The fourth-order valence-electron chi connectivity index (χ4n) is 2.87. The van der Waals surface area contributed by atoms with Gasteiger partial charge in [-0.1, -0.05) is 69.3 Å². The largest absolute Gasteiger partial charge is 0.126 e. The average Bonchev–Trinajstić information content (AvgIpc) is 2.72. The van der Waals surface area contributed by atoms with Gasteiger partial charge in [0.2, 0.25) is 0 Å². The summed E-state index contributed by atoms with van der Waals surface area (Å²) in [7, 11) is -0.603.